The van der Waals surface area contributed by atoms with Gasteiger partial charge in [0.2, 0.25) is 0 Å². The fourth-order valence-corrected chi connectivity index (χ4v) is 3.42. The van der Waals surface area contributed by atoms with E-state index in [1.54, 1.807) is 6.20 Å². The van der Waals surface area contributed by atoms with E-state index >= 15 is 0 Å². The molecule has 7 heteroatoms. The van der Waals surface area contributed by atoms with Gasteiger partial charge < -0.3 is 4.90 Å². The molecule has 1 aliphatic heterocycles. The maximum Gasteiger partial charge on any atom is 0.254 e. The maximum atomic E-state index is 12.9. The second-order valence-corrected chi connectivity index (χ2v) is 6.13. The van der Waals surface area contributed by atoms with Gasteiger partial charge in [-0.25, -0.2) is 4.68 Å². The lowest BCUT2D eigenvalue weighted by Crippen LogP contribution is -2.38. The Kier molecular flexibility index (Phi) is 3.76. The smallest absolute Gasteiger partial charge is 0.254 e. The fourth-order valence-electron chi connectivity index (χ4n) is 3.42. The van der Waals surface area contributed by atoms with Crippen molar-refractivity contribution in [2.75, 3.05) is 6.54 Å². The molecule has 4 rings (SSSR count). The Morgan fingerprint density at radius 2 is 2.29 bits per heavy atom. The van der Waals surface area contributed by atoms with Gasteiger partial charge in [-0.05, 0) is 44.0 Å². The van der Waals surface area contributed by atoms with Gasteiger partial charge in [-0.2, -0.15) is 5.10 Å². The minimum Gasteiger partial charge on any atom is -0.334 e. The summed E-state index contributed by atoms with van der Waals surface area (Å²) < 4.78 is 3.73. The van der Waals surface area contributed by atoms with E-state index in [4.69, 9.17) is 0 Å². The first kappa shape index (κ1) is 14.9. The van der Waals surface area contributed by atoms with Crippen molar-refractivity contribution in [3.63, 3.8) is 0 Å². The van der Waals surface area contributed by atoms with Crippen LogP contribution in [0.5, 0.6) is 0 Å². The molecule has 0 N–H and O–H groups in total. The van der Waals surface area contributed by atoms with Gasteiger partial charge >= 0.3 is 0 Å². The topological polar surface area (TPSA) is 68.8 Å². The van der Waals surface area contributed by atoms with Crippen LogP contribution in [-0.2, 0) is 13.1 Å². The average Bonchev–Trinajstić information content (AvgIpc) is 3.34. The van der Waals surface area contributed by atoms with Crippen molar-refractivity contribution in [2.45, 2.75) is 38.9 Å². The summed E-state index contributed by atoms with van der Waals surface area (Å²) in [5.74, 6) is 0.0672. The number of hydrogen-bond acceptors (Lipinski definition) is 4. The van der Waals surface area contributed by atoms with Crippen LogP contribution in [0.25, 0.3) is 11.0 Å². The highest BCUT2D eigenvalue weighted by molar-refractivity contribution is 5.97. The SMILES string of the molecule is CCn1nnc2cc(C(=O)N3CCCC3Cn3cccn3)ccc21. The molecule has 1 amide bonds. The first-order valence-corrected chi connectivity index (χ1v) is 8.38. The number of aryl methyl sites for hydroxylation is 1. The Morgan fingerprint density at radius 3 is 3.08 bits per heavy atom. The van der Waals surface area contributed by atoms with E-state index in [1.807, 2.05) is 51.6 Å². The van der Waals surface area contributed by atoms with Crippen LogP contribution >= 0.6 is 0 Å². The Hall–Kier alpha value is -2.70. The molecule has 0 radical (unpaired) electrons. The Morgan fingerprint density at radius 1 is 1.38 bits per heavy atom. The number of likely N-dealkylation sites (tertiary alicyclic amines) is 1. The zero-order chi connectivity index (χ0) is 16.5. The third-order valence-corrected chi connectivity index (χ3v) is 4.66. The fraction of sp³-hybridized carbons (Fsp3) is 0.412. The van der Waals surface area contributed by atoms with Gasteiger partial charge in [-0.3, -0.25) is 9.48 Å². The van der Waals surface area contributed by atoms with Gasteiger partial charge in [-0.1, -0.05) is 5.21 Å². The quantitative estimate of drug-likeness (QED) is 0.735. The number of hydrogen-bond donors (Lipinski definition) is 0. The van der Waals surface area contributed by atoms with E-state index in [0.29, 0.717) is 5.56 Å². The largest absolute Gasteiger partial charge is 0.334 e. The molecule has 1 saturated heterocycles. The third kappa shape index (κ3) is 2.55. The molecule has 0 spiro atoms. The summed E-state index contributed by atoms with van der Waals surface area (Å²) in [6, 6.07) is 7.76. The molecule has 3 heterocycles. The molecule has 1 atom stereocenters. The lowest BCUT2D eigenvalue weighted by Gasteiger charge is -2.24. The summed E-state index contributed by atoms with van der Waals surface area (Å²) >= 11 is 0. The van der Waals surface area contributed by atoms with Crippen molar-refractivity contribution >= 4 is 16.9 Å². The Balaban J connectivity index is 1.58. The van der Waals surface area contributed by atoms with E-state index in [-0.39, 0.29) is 11.9 Å². The van der Waals surface area contributed by atoms with Gasteiger partial charge in [0.05, 0.1) is 18.1 Å². The second-order valence-electron chi connectivity index (χ2n) is 6.13. The molecule has 24 heavy (non-hydrogen) atoms. The zero-order valence-corrected chi connectivity index (χ0v) is 13.7. The summed E-state index contributed by atoms with van der Waals surface area (Å²) in [5.41, 5.74) is 2.41. The molecule has 3 aromatic rings. The number of carbonyl (C=O) groups excluding carboxylic acids is 1. The molecule has 2 aromatic heterocycles. The predicted octanol–water partition coefficient (Wildman–Crippen LogP) is 1.95. The highest BCUT2D eigenvalue weighted by atomic mass is 16.2. The predicted molar refractivity (Wildman–Crippen MR) is 89.5 cm³/mol. The van der Waals surface area contributed by atoms with Crippen LogP contribution in [0.15, 0.2) is 36.7 Å². The van der Waals surface area contributed by atoms with Crippen LogP contribution in [0, 0.1) is 0 Å². The van der Waals surface area contributed by atoms with Crippen LogP contribution in [-0.4, -0.2) is 48.2 Å². The summed E-state index contributed by atoms with van der Waals surface area (Å²) in [6.07, 6.45) is 5.76. The minimum atomic E-state index is 0.0672. The average molecular weight is 324 g/mol. The molecule has 1 unspecified atom stereocenters. The minimum absolute atomic E-state index is 0.0672. The zero-order valence-electron chi connectivity index (χ0n) is 13.7. The van der Waals surface area contributed by atoms with Crippen molar-refractivity contribution < 1.29 is 4.79 Å². The van der Waals surface area contributed by atoms with Crippen molar-refractivity contribution in [3.05, 3.63) is 42.2 Å². The summed E-state index contributed by atoms with van der Waals surface area (Å²) in [7, 11) is 0. The molecular formula is C17H20N6O. The number of amides is 1. The van der Waals surface area contributed by atoms with Crippen LogP contribution in [0.1, 0.15) is 30.1 Å². The first-order chi connectivity index (χ1) is 11.8. The molecule has 1 aromatic carbocycles. The van der Waals surface area contributed by atoms with E-state index in [1.165, 1.54) is 0 Å². The van der Waals surface area contributed by atoms with Gasteiger partial charge in [-0.15, -0.1) is 5.10 Å². The van der Waals surface area contributed by atoms with Crippen LogP contribution in [0.3, 0.4) is 0 Å². The van der Waals surface area contributed by atoms with Gasteiger partial charge in [0, 0.05) is 31.0 Å². The molecule has 124 valence electrons. The Labute approximate surface area is 139 Å². The van der Waals surface area contributed by atoms with Gasteiger partial charge in [0.15, 0.2) is 0 Å². The third-order valence-electron chi connectivity index (χ3n) is 4.66. The Bertz CT molecular complexity index is 853. The van der Waals surface area contributed by atoms with E-state index in [0.717, 1.165) is 43.5 Å². The monoisotopic (exact) mass is 324 g/mol. The van der Waals surface area contributed by atoms with E-state index in [2.05, 4.69) is 15.4 Å². The number of benzene rings is 1. The number of rotatable bonds is 4. The lowest BCUT2D eigenvalue weighted by molar-refractivity contribution is 0.0722. The van der Waals surface area contributed by atoms with Crippen molar-refractivity contribution in [1.29, 1.82) is 0 Å². The summed E-state index contributed by atoms with van der Waals surface area (Å²) in [5, 5.41) is 12.5. The summed E-state index contributed by atoms with van der Waals surface area (Å²) in [6.45, 7) is 4.33. The molecule has 1 aliphatic rings. The van der Waals surface area contributed by atoms with E-state index < -0.39 is 0 Å². The van der Waals surface area contributed by atoms with Crippen LogP contribution < -0.4 is 0 Å². The normalized spacial score (nSPS) is 17.7. The van der Waals surface area contributed by atoms with Gasteiger partial charge in [0.1, 0.15) is 5.52 Å². The van der Waals surface area contributed by atoms with Crippen molar-refractivity contribution in [1.82, 2.24) is 29.7 Å². The van der Waals surface area contributed by atoms with Crippen molar-refractivity contribution in [2.24, 2.45) is 0 Å². The molecule has 7 nitrogen and oxygen atoms in total. The molecular weight excluding hydrogens is 304 g/mol. The lowest BCUT2D eigenvalue weighted by atomic mass is 10.1. The number of nitrogens with zero attached hydrogens (tertiary/aromatic N) is 6. The number of aromatic nitrogens is 5. The molecule has 0 saturated carbocycles. The van der Waals surface area contributed by atoms with Crippen molar-refractivity contribution in [3.8, 4) is 0 Å². The molecule has 0 aliphatic carbocycles. The van der Waals surface area contributed by atoms with Crippen LogP contribution in [0.4, 0.5) is 0 Å². The second kappa shape index (κ2) is 6.07. The maximum absolute atomic E-state index is 12.9. The van der Waals surface area contributed by atoms with Crippen LogP contribution in [0.2, 0.25) is 0 Å². The number of carbonyl (C=O) groups is 1. The summed E-state index contributed by atoms with van der Waals surface area (Å²) in [4.78, 5) is 14.9. The standard InChI is InChI=1S/C17H20N6O/c1-2-23-16-7-6-13(11-15(16)19-20-23)17(24)22-10-3-5-14(22)12-21-9-4-8-18-21/h4,6-9,11,14H,2-3,5,10,12H2,1H3. The highest BCUT2D eigenvalue weighted by Gasteiger charge is 2.30. The molecule has 1 fully saturated rings. The highest BCUT2D eigenvalue weighted by Crippen LogP contribution is 2.23. The molecule has 0 bridgehead atoms. The van der Waals surface area contributed by atoms with E-state index in [9.17, 15) is 4.79 Å². The number of fused-ring (bicyclic) bond motifs is 1. The van der Waals surface area contributed by atoms with Gasteiger partial charge in [0.25, 0.3) is 5.91 Å². The first-order valence-electron chi connectivity index (χ1n) is 8.38.